The topological polar surface area (TPSA) is 53.8 Å². The van der Waals surface area contributed by atoms with Gasteiger partial charge in [-0.15, -0.1) is 0 Å². The van der Waals surface area contributed by atoms with Crippen molar-refractivity contribution in [1.29, 1.82) is 0 Å². The third-order valence-electron chi connectivity index (χ3n) is 4.15. The Hall–Kier alpha value is -2.26. The molecule has 3 aromatic rings. The zero-order valence-electron chi connectivity index (χ0n) is 11.1. The lowest BCUT2D eigenvalue weighted by Crippen LogP contribution is -2.09. The van der Waals surface area contributed by atoms with Crippen molar-refractivity contribution in [2.45, 2.75) is 18.5 Å². The number of hydrogen-bond donors (Lipinski definition) is 3. The number of H-pyrrole nitrogens is 1. The summed E-state index contributed by atoms with van der Waals surface area (Å²) in [6, 6.07) is 17.4. The van der Waals surface area contributed by atoms with Gasteiger partial charge in [0.1, 0.15) is 0 Å². The molecule has 0 spiro atoms. The van der Waals surface area contributed by atoms with Gasteiger partial charge in [0.25, 0.3) is 0 Å². The lowest BCUT2D eigenvalue weighted by molar-refractivity contribution is 0.649. The molecule has 1 aliphatic carbocycles. The van der Waals surface area contributed by atoms with Crippen molar-refractivity contribution in [2.75, 3.05) is 5.32 Å². The Morgan fingerprint density at radius 1 is 1.05 bits per heavy atom. The smallest absolute Gasteiger partial charge is 0.0535 e. The van der Waals surface area contributed by atoms with E-state index >= 15 is 0 Å². The van der Waals surface area contributed by atoms with E-state index in [1.165, 1.54) is 22.0 Å². The number of benzene rings is 2. The molecular formula is C17H17N3. The Bertz CT molecular complexity index is 760. The van der Waals surface area contributed by atoms with Gasteiger partial charge < -0.3 is 16.0 Å². The maximum Gasteiger partial charge on any atom is 0.0535 e. The van der Waals surface area contributed by atoms with Crippen molar-refractivity contribution in [3.05, 3.63) is 65.9 Å². The van der Waals surface area contributed by atoms with Crippen molar-refractivity contribution in [3.63, 3.8) is 0 Å². The second kappa shape index (κ2) is 4.39. The zero-order valence-corrected chi connectivity index (χ0v) is 11.1. The van der Waals surface area contributed by atoms with Crippen molar-refractivity contribution in [3.8, 4) is 0 Å². The molecule has 4 N–H and O–H groups in total. The number of fused-ring (bicyclic) bond motifs is 2. The van der Waals surface area contributed by atoms with Crippen LogP contribution in [0.25, 0.3) is 10.9 Å². The number of aromatic nitrogens is 1. The maximum atomic E-state index is 6.22. The van der Waals surface area contributed by atoms with Gasteiger partial charge in [0.2, 0.25) is 0 Å². The number of anilines is 1. The molecule has 100 valence electrons. The summed E-state index contributed by atoms with van der Waals surface area (Å²) in [6.45, 7) is 0. The first-order valence-electron chi connectivity index (χ1n) is 6.99. The normalized spacial score (nSPS) is 21.1. The molecule has 0 amide bonds. The summed E-state index contributed by atoms with van der Waals surface area (Å²) in [5.74, 6) is 0. The molecule has 2 atom stereocenters. The van der Waals surface area contributed by atoms with Crippen LogP contribution in [0.2, 0.25) is 0 Å². The second-order valence-electron chi connectivity index (χ2n) is 5.45. The number of nitrogens with one attached hydrogen (secondary N) is 2. The van der Waals surface area contributed by atoms with E-state index in [1.54, 1.807) is 0 Å². The van der Waals surface area contributed by atoms with Crippen LogP contribution in [0, 0.1) is 0 Å². The third-order valence-corrected chi connectivity index (χ3v) is 4.15. The molecule has 3 heteroatoms. The Labute approximate surface area is 117 Å². The van der Waals surface area contributed by atoms with E-state index in [1.807, 2.05) is 6.20 Å². The summed E-state index contributed by atoms with van der Waals surface area (Å²) in [5, 5.41) is 4.84. The molecule has 0 bridgehead atoms. The standard InChI is InChI=1S/C17H17N3/c18-15-10-17(14-4-2-1-3-13(14)15)20-12-5-6-16-11(9-12)7-8-19-16/h1-9,15,17,19-20H,10,18H2. The molecule has 0 saturated heterocycles. The van der Waals surface area contributed by atoms with Crippen LogP contribution in [0.3, 0.4) is 0 Å². The van der Waals surface area contributed by atoms with Gasteiger partial charge in [0, 0.05) is 28.8 Å². The molecule has 0 radical (unpaired) electrons. The van der Waals surface area contributed by atoms with Gasteiger partial charge in [-0.1, -0.05) is 24.3 Å². The van der Waals surface area contributed by atoms with Crippen LogP contribution < -0.4 is 11.1 Å². The van der Waals surface area contributed by atoms with E-state index in [4.69, 9.17) is 5.73 Å². The van der Waals surface area contributed by atoms with Gasteiger partial charge in [-0.3, -0.25) is 0 Å². The zero-order chi connectivity index (χ0) is 13.5. The van der Waals surface area contributed by atoms with Crippen LogP contribution >= 0.6 is 0 Å². The molecule has 2 aromatic carbocycles. The predicted molar refractivity (Wildman–Crippen MR) is 82.6 cm³/mol. The van der Waals surface area contributed by atoms with E-state index in [0.29, 0.717) is 6.04 Å². The fourth-order valence-corrected chi connectivity index (χ4v) is 3.15. The van der Waals surface area contributed by atoms with Gasteiger partial charge in [-0.25, -0.2) is 0 Å². The van der Waals surface area contributed by atoms with E-state index in [9.17, 15) is 0 Å². The summed E-state index contributed by atoms with van der Waals surface area (Å²) < 4.78 is 0. The average Bonchev–Trinajstić information content (AvgIpc) is 3.05. The first-order valence-corrected chi connectivity index (χ1v) is 6.99. The highest BCUT2D eigenvalue weighted by Crippen LogP contribution is 2.39. The van der Waals surface area contributed by atoms with Gasteiger partial charge in [-0.2, -0.15) is 0 Å². The molecule has 1 aromatic heterocycles. The largest absolute Gasteiger partial charge is 0.378 e. The Morgan fingerprint density at radius 3 is 2.80 bits per heavy atom. The lowest BCUT2D eigenvalue weighted by atomic mass is 10.1. The summed E-state index contributed by atoms with van der Waals surface area (Å²) >= 11 is 0. The minimum atomic E-state index is 0.139. The van der Waals surface area contributed by atoms with Crippen molar-refractivity contribution >= 4 is 16.6 Å². The third kappa shape index (κ3) is 1.79. The molecule has 4 rings (SSSR count). The quantitative estimate of drug-likeness (QED) is 0.660. The van der Waals surface area contributed by atoms with Crippen LogP contribution in [0.15, 0.2) is 54.7 Å². The molecule has 1 aliphatic rings. The summed E-state index contributed by atoms with van der Waals surface area (Å²) in [5.41, 5.74) is 11.1. The maximum absolute atomic E-state index is 6.22. The minimum Gasteiger partial charge on any atom is -0.378 e. The number of rotatable bonds is 2. The van der Waals surface area contributed by atoms with Gasteiger partial charge >= 0.3 is 0 Å². The average molecular weight is 263 g/mol. The van der Waals surface area contributed by atoms with Gasteiger partial charge in [0.15, 0.2) is 0 Å². The number of hydrogen-bond acceptors (Lipinski definition) is 2. The SMILES string of the molecule is NC1CC(Nc2ccc3[nH]ccc3c2)c2ccccc21. The van der Waals surface area contributed by atoms with Gasteiger partial charge in [0.05, 0.1) is 6.04 Å². The van der Waals surface area contributed by atoms with Crippen LogP contribution in [0.4, 0.5) is 5.69 Å². The molecule has 0 aliphatic heterocycles. The van der Waals surface area contributed by atoms with E-state index in [2.05, 4.69) is 58.8 Å². The Kier molecular flexibility index (Phi) is 2.54. The Morgan fingerprint density at radius 2 is 1.90 bits per heavy atom. The molecule has 3 nitrogen and oxygen atoms in total. The van der Waals surface area contributed by atoms with Gasteiger partial charge in [-0.05, 0) is 41.8 Å². The van der Waals surface area contributed by atoms with Crippen LogP contribution in [-0.4, -0.2) is 4.98 Å². The number of aromatic amines is 1. The molecule has 0 fully saturated rings. The molecular weight excluding hydrogens is 246 g/mol. The summed E-state index contributed by atoms with van der Waals surface area (Å²) in [7, 11) is 0. The highest BCUT2D eigenvalue weighted by Gasteiger charge is 2.27. The highest BCUT2D eigenvalue weighted by molar-refractivity contribution is 5.83. The Balaban J connectivity index is 1.66. The van der Waals surface area contributed by atoms with Crippen LogP contribution in [-0.2, 0) is 0 Å². The van der Waals surface area contributed by atoms with Crippen LogP contribution in [0.1, 0.15) is 29.6 Å². The molecule has 2 unspecified atom stereocenters. The number of nitrogens with two attached hydrogens (primary N) is 1. The summed E-state index contributed by atoms with van der Waals surface area (Å²) in [6.07, 6.45) is 2.92. The molecule has 1 heterocycles. The first kappa shape index (κ1) is 11.6. The fraction of sp³-hybridized carbons (Fsp3) is 0.176. The molecule has 20 heavy (non-hydrogen) atoms. The van der Waals surface area contributed by atoms with Crippen LogP contribution in [0.5, 0.6) is 0 Å². The second-order valence-corrected chi connectivity index (χ2v) is 5.45. The van der Waals surface area contributed by atoms with E-state index < -0.39 is 0 Å². The summed E-state index contributed by atoms with van der Waals surface area (Å²) in [4.78, 5) is 3.22. The predicted octanol–water partition coefficient (Wildman–Crippen LogP) is 3.72. The molecule has 0 saturated carbocycles. The van der Waals surface area contributed by atoms with E-state index in [0.717, 1.165) is 12.1 Å². The van der Waals surface area contributed by atoms with Crippen molar-refractivity contribution in [1.82, 2.24) is 4.98 Å². The minimum absolute atomic E-state index is 0.139. The van der Waals surface area contributed by atoms with E-state index in [-0.39, 0.29) is 6.04 Å². The van der Waals surface area contributed by atoms with Crippen molar-refractivity contribution in [2.24, 2.45) is 5.73 Å². The lowest BCUT2D eigenvalue weighted by Gasteiger charge is -2.15. The fourth-order valence-electron chi connectivity index (χ4n) is 3.15. The monoisotopic (exact) mass is 263 g/mol. The first-order chi connectivity index (χ1) is 9.81. The highest BCUT2D eigenvalue weighted by atomic mass is 14.9. The van der Waals surface area contributed by atoms with Crippen molar-refractivity contribution < 1.29 is 0 Å².